The first-order valence-electron chi connectivity index (χ1n) is 7.79. The Kier molecular flexibility index (Phi) is 4.37. The van der Waals surface area contributed by atoms with E-state index in [1.807, 2.05) is 32.0 Å². The summed E-state index contributed by atoms with van der Waals surface area (Å²) in [6.45, 7) is 3.44. The van der Waals surface area contributed by atoms with Gasteiger partial charge in [0.25, 0.3) is 11.5 Å². The number of carbonyl (C=O) groups excluding carboxylic acids is 2. The minimum absolute atomic E-state index is 0.0172. The molecule has 0 unspecified atom stereocenters. The van der Waals surface area contributed by atoms with Crippen molar-refractivity contribution in [1.82, 2.24) is 14.9 Å². The molecule has 0 saturated carbocycles. The third kappa shape index (κ3) is 3.16. The fourth-order valence-corrected chi connectivity index (χ4v) is 2.65. The zero-order chi connectivity index (χ0) is 18.1. The molecule has 130 valence electrons. The van der Waals surface area contributed by atoms with Gasteiger partial charge in [-0.1, -0.05) is 18.2 Å². The Morgan fingerprint density at radius 2 is 2.08 bits per heavy atom. The Balaban J connectivity index is 1.86. The van der Waals surface area contributed by atoms with E-state index in [4.69, 9.17) is 0 Å². The summed E-state index contributed by atoms with van der Waals surface area (Å²) in [4.78, 5) is 40.2. The molecule has 0 atom stereocenters. The van der Waals surface area contributed by atoms with E-state index in [1.165, 1.54) is 0 Å². The molecule has 3 rings (SSSR count). The average Bonchev–Trinajstić information content (AvgIpc) is 2.96. The molecule has 1 aromatic heterocycles. The lowest BCUT2D eigenvalue weighted by Gasteiger charge is -2.11. The van der Waals surface area contributed by atoms with Crippen LogP contribution in [0.2, 0.25) is 0 Å². The number of nitrogens with zero attached hydrogens (tertiary/aromatic N) is 2. The number of anilines is 1. The van der Waals surface area contributed by atoms with Crippen molar-refractivity contribution in [3.05, 3.63) is 56.5 Å². The molecule has 2 heterocycles. The summed E-state index contributed by atoms with van der Waals surface area (Å²) in [5, 5.41) is 14.6. The third-order valence-electron chi connectivity index (χ3n) is 4.21. The number of aromatic nitrogens is 2. The van der Waals surface area contributed by atoms with Crippen molar-refractivity contribution < 1.29 is 14.7 Å². The Hall–Kier alpha value is -3.00. The van der Waals surface area contributed by atoms with Gasteiger partial charge in [0.2, 0.25) is 11.9 Å². The van der Waals surface area contributed by atoms with Crippen LogP contribution in [0.5, 0.6) is 0 Å². The van der Waals surface area contributed by atoms with Crippen LogP contribution in [0.3, 0.4) is 0 Å². The summed E-state index contributed by atoms with van der Waals surface area (Å²) < 4.78 is 1.11. The van der Waals surface area contributed by atoms with Gasteiger partial charge in [-0.05, 0) is 30.5 Å². The van der Waals surface area contributed by atoms with E-state index in [-0.39, 0.29) is 36.2 Å². The molecule has 0 aliphatic carbocycles. The quantitative estimate of drug-likeness (QED) is 0.736. The number of carbonyl (C=O) groups is 2. The predicted molar refractivity (Wildman–Crippen MR) is 90.1 cm³/mol. The van der Waals surface area contributed by atoms with Gasteiger partial charge in [0, 0.05) is 6.54 Å². The average molecular weight is 342 g/mol. The fourth-order valence-electron chi connectivity index (χ4n) is 2.65. The summed E-state index contributed by atoms with van der Waals surface area (Å²) in [6, 6.07) is 5.83. The molecule has 2 aromatic rings. The summed E-state index contributed by atoms with van der Waals surface area (Å²) >= 11 is 0. The van der Waals surface area contributed by atoms with Crippen LogP contribution in [0, 0.1) is 13.8 Å². The Morgan fingerprint density at radius 3 is 2.76 bits per heavy atom. The van der Waals surface area contributed by atoms with Crippen molar-refractivity contribution in [2.45, 2.75) is 33.5 Å². The number of aryl methyl sites for hydroxylation is 2. The van der Waals surface area contributed by atoms with Crippen LogP contribution in [0.25, 0.3) is 0 Å². The summed E-state index contributed by atoms with van der Waals surface area (Å²) in [5.74, 6) is -0.950. The molecule has 1 aliphatic rings. The van der Waals surface area contributed by atoms with Crippen LogP contribution in [-0.2, 0) is 24.5 Å². The lowest BCUT2D eigenvalue weighted by molar-refractivity contribution is -0.115. The zero-order valence-electron chi connectivity index (χ0n) is 13.9. The second-order valence-electron chi connectivity index (χ2n) is 5.96. The topological polar surface area (TPSA) is 113 Å². The number of aliphatic hydroxyl groups is 1. The molecule has 8 nitrogen and oxygen atoms in total. The van der Waals surface area contributed by atoms with Crippen LogP contribution < -0.4 is 16.2 Å². The minimum atomic E-state index is -0.632. The second-order valence-corrected chi connectivity index (χ2v) is 5.96. The Morgan fingerprint density at radius 1 is 1.32 bits per heavy atom. The number of rotatable bonds is 4. The largest absolute Gasteiger partial charge is 0.391 e. The van der Waals surface area contributed by atoms with Crippen molar-refractivity contribution >= 4 is 17.8 Å². The van der Waals surface area contributed by atoms with E-state index in [0.717, 1.165) is 21.3 Å². The summed E-state index contributed by atoms with van der Waals surface area (Å²) in [7, 11) is 0. The Bertz CT molecular complexity index is 933. The lowest BCUT2D eigenvalue weighted by atomic mass is 10.1. The van der Waals surface area contributed by atoms with Crippen LogP contribution in [0.1, 0.15) is 32.7 Å². The highest BCUT2D eigenvalue weighted by Crippen LogP contribution is 2.13. The summed E-state index contributed by atoms with van der Waals surface area (Å²) in [6.07, 6.45) is 0. The van der Waals surface area contributed by atoms with Crippen LogP contribution in [0.4, 0.5) is 5.95 Å². The van der Waals surface area contributed by atoms with Gasteiger partial charge >= 0.3 is 0 Å². The smallest absolute Gasteiger partial charge is 0.270 e. The van der Waals surface area contributed by atoms with Gasteiger partial charge in [0.1, 0.15) is 12.2 Å². The number of nitrogens with one attached hydrogen (secondary N) is 2. The van der Waals surface area contributed by atoms with Crippen molar-refractivity contribution in [3.8, 4) is 0 Å². The maximum atomic E-state index is 12.4. The highest BCUT2D eigenvalue weighted by molar-refractivity contribution is 5.96. The first kappa shape index (κ1) is 16.8. The van der Waals surface area contributed by atoms with E-state index in [0.29, 0.717) is 0 Å². The highest BCUT2D eigenvalue weighted by atomic mass is 16.3. The second kappa shape index (κ2) is 6.48. The Labute approximate surface area is 143 Å². The fraction of sp³-hybridized carbons (Fsp3) is 0.294. The number of aliphatic hydroxyl groups excluding tert-OH is 1. The van der Waals surface area contributed by atoms with Gasteiger partial charge < -0.3 is 10.4 Å². The van der Waals surface area contributed by atoms with E-state index in [1.54, 1.807) is 0 Å². The summed E-state index contributed by atoms with van der Waals surface area (Å²) in [5.41, 5.74) is 2.28. The molecule has 1 aromatic carbocycles. The lowest BCUT2D eigenvalue weighted by Crippen LogP contribution is -2.32. The maximum Gasteiger partial charge on any atom is 0.270 e. The normalized spacial score (nSPS) is 12.7. The standard InChI is InChI=1S/C17H18N4O4/c1-9-3-4-11(5-10(9)2)6-18-15(24)14-12(8-22)16(25)21-7-13(23)19-17(21)20-14/h3-5,22H,6-8H2,1-2H3,(H,18,24)(H,19,20,23). The number of benzene rings is 1. The van der Waals surface area contributed by atoms with Gasteiger partial charge in [-0.3, -0.25) is 24.3 Å². The molecular weight excluding hydrogens is 324 g/mol. The molecule has 25 heavy (non-hydrogen) atoms. The van der Waals surface area contributed by atoms with Crippen molar-refractivity contribution in [1.29, 1.82) is 0 Å². The van der Waals surface area contributed by atoms with Gasteiger partial charge in [0.15, 0.2) is 0 Å². The molecule has 3 N–H and O–H groups in total. The van der Waals surface area contributed by atoms with Crippen LogP contribution in [-0.4, -0.2) is 26.5 Å². The third-order valence-corrected chi connectivity index (χ3v) is 4.21. The molecule has 8 heteroatoms. The van der Waals surface area contributed by atoms with Crippen molar-refractivity contribution in [2.75, 3.05) is 5.32 Å². The first-order chi connectivity index (χ1) is 11.9. The predicted octanol–water partition coefficient (Wildman–Crippen LogP) is 0.235. The number of amides is 2. The van der Waals surface area contributed by atoms with Crippen molar-refractivity contribution in [3.63, 3.8) is 0 Å². The van der Waals surface area contributed by atoms with Crippen LogP contribution >= 0.6 is 0 Å². The molecule has 2 amide bonds. The van der Waals surface area contributed by atoms with E-state index >= 15 is 0 Å². The van der Waals surface area contributed by atoms with Crippen LogP contribution in [0.15, 0.2) is 23.0 Å². The SMILES string of the molecule is Cc1ccc(CNC(=O)c2nc3n(c(=O)c2CO)CC(=O)N3)cc1C. The first-order valence-corrected chi connectivity index (χ1v) is 7.79. The molecule has 0 saturated heterocycles. The van der Waals surface area contributed by atoms with Gasteiger partial charge in [0.05, 0.1) is 12.2 Å². The molecular formula is C17H18N4O4. The number of hydrogen-bond donors (Lipinski definition) is 3. The van der Waals surface area contributed by atoms with Gasteiger partial charge in [-0.25, -0.2) is 4.98 Å². The molecule has 0 fully saturated rings. The van der Waals surface area contributed by atoms with Gasteiger partial charge in [-0.15, -0.1) is 0 Å². The van der Waals surface area contributed by atoms with E-state index in [2.05, 4.69) is 15.6 Å². The monoisotopic (exact) mass is 342 g/mol. The molecule has 0 bridgehead atoms. The van der Waals surface area contributed by atoms with Gasteiger partial charge in [-0.2, -0.15) is 0 Å². The zero-order valence-corrected chi connectivity index (χ0v) is 13.9. The van der Waals surface area contributed by atoms with E-state index in [9.17, 15) is 19.5 Å². The van der Waals surface area contributed by atoms with E-state index < -0.39 is 18.1 Å². The number of hydrogen-bond acceptors (Lipinski definition) is 5. The highest BCUT2D eigenvalue weighted by Gasteiger charge is 2.26. The molecule has 1 aliphatic heterocycles. The molecule has 0 spiro atoms. The van der Waals surface area contributed by atoms with Crippen molar-refractivity contribution in [2.24, 2.45) is 0 Å². The maximum absolute atomic E-state index is 12.4. The molecule has 0 radical (unpaired) electrons. The number of fused-ring (bicyclic) bond motifs is 1. The minimum Gasteiger partial charge on any atom is -0.391 e.